The molecule has 1 aromatic heterocycles. The number of nitrogens with zero attached hydrogens (tertiary/aromatic N) is 1. The Morgan fingerprint density at radius 1 is 1.25 bits per heavy atom. The molecule has 1 aliphatic rings. The zero-order chi connectivity index (χ0) is 13.9. The van der Waals surface area contributed by atoms with Crippen LogP contribution in [0.4, 0.5) is 0 Å². The van der Waals surface area contributed by atoms with Gasteiger partial charge in [-0.25, -0.2) is 0 Å². The number of thioether (sulfide) groups is 1. The van der Waals surface area contributed by atoms with Gasteiger partial charge < -0.3 is 5.73 Å². The zero-order valence-electron chi connectivity index (χ0n) is 12.1. The van der Waals surface area contributed by atoms with Gasteiger partial charge in [0.05, 0.1) is 5.52 Å². The van der Waals surface area contributed by atoms with Crippen LogP contribution in [0.3, 0.4) is 0 Å². The summed E-state index contributed by atoms with van der Waals surface area (Å²) in [5, 5.41) is 1.34. The molecule has 0 atom stereocenters. The molecule has 1 aromatic carbocycles. The predicted octanol–water partition coefficient (Wildman–Crippen LogP) is 3.86. The van der Waals surface area contributed by atoms with Gasteiger partial charge in [-0.15, -0.1) is 11.8 Å². The second kappa shape index (κ2) is 6.15. The molecule has 0 saturated heterocycles. The Kier molecular flexibility index (Phi) is 4.27. The van der Waals surface area contributed by atoms with Gasteiger partial charge in [-0.05, 0) is 69.0 Å². The van der Waals surface area contributed by atoms with E-state index in [1.54, 1.807) is 0 Å². The average Bonchev–Trinajstić information content (AvgIpc) is 2.47. The molecule has 20 heavy (non-hydrogen) atoms. The Morgan fingerprint density at radius 2 is 2.10 bits per heavy atom. The van der Waals surface area contributed by atoms with Crippen LogP contribution in [0.2, 0.25) is 0 Å². The quantitative estimate of drug-likeness (QED) is 0.685. The summed E-state index contributed by atoms with van der Waals surface area (Å²) in [6.45, 7) is 2.93. The summed E-state index contributed by atoms with van der Waals surface area (Å²) >= 11 is 1.98. The van der Waals surface area contributed by atoms with Crippen molar-refractivity contribution < 1.29 is 0 Å². The highest BCUT2D eigenvalue weighted by Crippen LogP contribution is 2.36. The lowest BCUT2D eigenvalue weighted by molar-refractivity contribution is 0.662. The van der Waals surface area contributed by atoms with Crippen LogP contribution in [0.25, 0.3) is 10.9 Å². The lowest BCUT2D eigenvalue weighted by Crippen LogP contribution is -2.08. The van der Waals surface area contributed by atoms with E-state index in [1.807, 2.05) is 11.8 Å². The molecule has 106 valence electrons. The molecule has 3 rings (SSSR count). The van der Waals surface area contributed by atoms with Crippen molar-refractivity contribution in [3.63, 3.8) is 0 Å². The van der Waals surface area contributed by atoms with E-state index in [1.165, 1.54) is 46.4 Å². The largest absolute Gasteiger partial charge is 0.330 e. The summed E-state index contributed by atoms with van der Waals surface area (Å²) in [7, 11) is 0. The van der Waals surface area contributed by atoms with Gasteiger partial charge in [0.25, 0.3) is 0 Å². The van der Waals surface area contributed by atoms with E-state index in [-0.39, 0.29) is 0 Å². The lowest BCUT2D eigenvalue weighted by atomic mass is 9.94. The number of pyridine rings is 1. The molecular formula is C17H22N2S. The second-order valence-electron chi connectivity index (χ2n) is 5.58. The molecule has 3 heteroatoms. The number of hydrogen-bond acceptors (Lipinski definition) is 3. The van der Waals surface area contributed by atoms with Crippen molar-refractivity contribution in [3.8, 4) is 0 Å². The monoisotopic (exact) mass is 286 g/mol. The normalized spacial score (nSPS) is 14.5. The molecule has 1 aliphatic carbocycles. The van der Waals surface area contributed by atoms with Crippen LogP contribution in [0.15, 0.2) is 23.1 Å². The van der Waals surface area contributed by atoms with Crippen molar-refractivity contribution in [2.45, 2.75) is 43.9 Å². The van der Waals surface area contributed by atoms with E-state index in [2.05, 4.69) is 25.1 Å². The van der Waals surface area contributed by atoms with E-state index < -0.39 is 0 Å². The maximum Gasteiger partial charge on any atom is 0.0716 e. The number of benzene rings is 1. The van der Waals surface area contributed by atoms with Crippen molar-refractivity contribution in [2.24, 2.45) is 5.73 Å². The fourth-order valence-corrected chi connectivity index (χ4v) is 4.15. The van der Waals surface area contributed by atoms with E-state index in [0.717, 1.165) is 30.7 Å². The van der Waals surface area contributed by atoms with Crippen molar-refractivity contribution in [1.82, 2.24) is 4.98 Å². The standard InChI is InChI=1S/C17H22N2S/c1-12-7-8-16-14(11-12)17(20-10-4-9-18)13-5-2-3-6-15(13)19-16/h7-8,11H,2-6,9-10,18H2,1H3. The van der Waals surface area contributed by atoms with Gasteiger partial charge in [0, 0.05) is 16.0 Å². The predicted molar refractivity (Wildman–Crippen MR) is 87.5 cm³/mol. The minimum absolute atomic E-state index is 0.775. The molecule has 1 heterocycles. The molecule has 0 saturated carbocycles. The summed E-state index contributed by atoms with van der Waals surface area (Å²) < 4.78 is 0. The zero-order valence-corrected chi connectivity index (χ0v) is 12.9. The van der Waals surface area contributed by atoms with Gasteiger partial charge in [-0.1, -0.05) is 11.6 Å². The number of aryl methyl sites for hydroxylation is 2. The van der Waals surface area contributed by atoms with E-state index in [4.69, 9.17) is 10.7 Å². The van der Waals surface area contributed by atoms with Crippen LogP contribution >= 0.6 is 11.8 Å². The molecule has 0 radical (unpaired) electrons. The smallest absolute Gasteiger partial charge is 0.0716 e. The van der Waals surface area contributed by atoms with E-state index in [0.29, 0.717) is 0 Å². The van der Waals surface area contributed by atoms with Crippen LogP contribution in [-0.4, -0.2) is 17.3 Å². The highest BCUT2D eigenvalue weighted by atomic mass is 32.2. The maximum absolute atomic E-state index is 5.64. The molecule has 0 unspecified atom stereocenters. The first kappa shape index (κ1) is 13.9. The van der Waals surface area contributed by atoms with Crippen LogP contribution in [0, 0.1) is 6.92 Å². The Morgan fingerprint density at radius 3 is 2.95 bits per heavy atom. The lowest BCUT2D eigenvalue weighted by Gasteiger charge is -2.20. The first-order valence-corrected chi connectivity index (χ1v) is 8.53. The van der Waals surface area contributed by atoms with Crippen LogP contribution in [-0.2, 0) is 12.8 Å². The Labute approximate surface area is 125 Å². The van der Waals surface area contributed by atoms with Crippen molar-refractivity contribution in [1.29, 1.82) is 0 Å². The average molecular weight is 286 g/mol. The van der Waals surface area contributed by atoms with Gasteiger partial charge in [-0.3, -0.25) is 4.98 Å². The number of fused-ring (bicyclic) bond motifs is 2. The minimum Gasteiger partial charge on any atom is -0.330 e. The van der Waals surface area contributed by atoms with Crippen molar-refractivity contribution in [2.75, 3.05) is 12.3 Å². The van der Waals surface area contributed by atoms with Crippen LogP contribution < -0.4 is 5.73 Å². The van der Waals surface area contributed by atoms with Gasteiger partial charge >= 0.3 is 0 Å². The summed E-state index contributed by atoms with van der Waals surface area (Å²) in [5.41, 5.74) is 11.0. The Hall–Kier alpha value is -1.06. The summed E-state index contributed by atoms with van der Waals surface area (Å²) in [5.74, 6) is 1.11. The maximum atomic E-state index is 5.64. The fourth-order valence-electron chi connectivity index (χ4n) is 2.92. The number of aromatic nitrogens is 1. The topological polar surface area (TPSA) is 38.9 Å². The third-order valence-corrected chi connectivity index (χ3v) is 5.21. The number of nitrogens with two attached hydrogens (primary N) is 1. The van der Waals surface area contributed by atoms with Gasteiger partial charge in [0.2, 0.25) is 0 Å². The summed E-state index contributed by atoms with van der Waals surface area (Å²) in [6, 6.07) is 6.63. The van der Waals surface area contributed by atoms with E-state index in [9.17, 15) is 0 Å². The molecule has 0 bridgehead atoms. The Balaban J connectivity index is 2.12. The number of hydrogen-bond donors (Lipinski definition) is 1. The highest BCUT2D eigenvalue weighted by Gasteiger charge is 2.18. The van der Waals surface area contributed by atoms with Gasteiger partial charge in [-0.2, -0.15) is 0 Å². The SMILES string of the molecule is Cc1ccc2nc3c(c(SCCCN)c2c1)CCCC3. The first-order valence-electron chi connectivity index (χ1n) is 7.54. The second-order valence-corrected chi connectivity index (χ2v) is 6.69. The summed E-state index contributed by atoms with van der Waals surface area (Å²) in [4.78, 5) is 6.38. The third kappa shape index (κ3) is 2.70. The van der Waals surface area contributed by atoms with Crippen molar-refractivity contribution in [3.05, 3.63) is 35.0 Å². The molecule has 0 amide bonds. The highest BCUT2D eigenvalue weighted by molar-refractivity contribution is 7.99. The van der Waals surface area contributed by atoms with Crippen LogP contribution in [0.1, 0.15) is 36.1 Å². The van der Waals surface area contributed by atoms with E-state index >= 15 is 0 Å². The molecular weight excluding hydrogens is 264 g/mol. The minimum atomic E-state index is 0.775. The molecule has 2 nitrogen and oxygen atoms in total. The van der Waals surface area contributed by atoms with Crippen molar-refractivity contribution >= 4 is 22.7 Å². The molecule has 0 aliphatic heterocycles. The Bertz CT molecular complexity index is 622. The molecule has 0 spiro atoms. The fraction of sp³-hybridized carbons (Fsp3) is 0.471. The third-order valence-electron chi connectivity index (χ3n) is 3.96. The molecule has 0 fully saturated rings. The van der Waals surface area contributed by atoms with Crippen LogP contribution in [0.5, 0.6) is 0 Å². The van der Waals surface area contributed by atoms with Gasteiger partial charge in [0.1, 0.15) is 0 Å². The first-order chi connectivity index (χ1) is 9.79. The molecule has 2 aromatic rings. The molecule has 2 N–H and O–H groups in total. The summed E-state index contributed by atoms with van der Waals surface area (Å²) in [6.07, 6.45) is 6.00. The number of rotatable bonds is 4. The van der Waals surface area contributed by atoms with Gasteiger partial charge in [0.15, 0.2) is 0 Å².